The van der Waals surface area contributed by atoms with Gasteiger partial charge in [0.2, 0.25) is 5.91 Å². The van der Waals surface area contributed by atoms with Crippen LogP contribution in [0.5, 0.6) is 0 Å². The van der Waals surface area contributed by atoms with Crippen LogP contribution in [0, 0.1) is 0 Å². The molecule has 2 aromatic carbocycles. The van der Waals surface area contributed by atoms with Gasteiger partial charge in [-0.15, -0.1) is 0 Å². The molecule has 24 heavy (non-hydrogen) atoms. The van der Waals surface area contributed by atoms with Crippen LogP contribution in [-0.2, 0) is 11.2 Å². The minimum Gasteiger partial charge on any atom is -0.352 e. The number of hydrogen-bond acceptors (Lipinski definition) is 2. The second-order valence-corrected chi connectivity index (χ2v) is 5.69. The van der Waals surface area contributed by atoms with Crippen LogP contribution < -0.4 is 10.6 Å². The minimum absolute atomic E-state index is 0.0543. The summed E-state index contributed by atoms with van der Waals surface area (Å²) in [6.45, 7) is 2.60. The van der Waals surface area contributed by atoms with Gasteiger partial charge in [-0.05, 0) is 30.5 Å². The first-order chi connectivity index (χ1) is 11.7. The van der Waals surface area contributed by atoms with Crippen LogP contribution in [0.4, 0.5) is 5.69 Å². The summed E-state index contributed by atoms with van der Waals surface area (Å²) in [6.07, 6.45) is 3.06. The second kappa shape index (κ2) is 9.50. The zero-order chi connectivity index (χ0) is 17.2. The largest absolute Gasteiger partial charge is 0.352 e. The summed E-state index contributed by atoms with van der Waals surface area (Å²) >= 11 is 0. The first kappa shape index (κ1) is 17.7. The normalized spacial score (nSPS) is 10.2. The molecule has 126 valence electrons. The van der Waals surface area contributed by atoms with E-state index in [-0.39, 0.29) is 11.8 Å². The number of para-hydroxylation sites is 1. The third kappa shape index (κ3) is 5.54. The van der Waals surface area contributed by atoms with Crippen LogP contribution in [-0.4, -0.2) is 18.4 Å². The highest BCUT2D eigenvalue weighted by Crippen LogP contribution is 2.15. The van der Waals surface area contributed by atoms with Crippen LogP contribution in [0.25, 0.3) is 0 Å². The standard InChI is InChI=1S/C20H24N2O2/c1-2-3-13-19(23)22-18-12-8-7-11-17(18)20(24)21-15-14-16-9-5-4-6-10-16/h4-12H,2-3,13-15H2,1H3,(H,21,24)(H,22,23). The van der Waals surface area contributed by atoms with Crippen molar-refractivity contribution < 1.29 is 9.59 Å². The van der Waals surface area contributed by atoms with Gasteiger partial charge in [0.05, 0.1) is 11.3 Å². The number of benzene rings is 2. The fraction of sp³-hybridized carbons (Fsp3) is 0.300. The highest BCUT2D eigenvalue weighted by atomic mass is 16.2. The Morgan fingerprint density at radius 1 is 0.958 bits per heavy atom. The molecule has 4 heteroatoms. The molecule has 0 saturated heterocycles. The van der Waals surface area contributed by atoms with Crippen molar-refractivity contribution in [2.45, 2.75) is 32.6 Å². The van der Waals surface area contributed by atoms with Gasteiger partial charge in [0.25, 0.3) is 5.91 Å². The number of carbonyl (C=O) groups is 2. The maximum Gasteiger partial charge on any atom is 0.253 e. The molecule has 0 aliphatic carbocycles. The fourth-order valence-electron chi connectivity index (χ4n) is 2.40. The molecular weight excluding hydrogens is 300 g/mol. The van der Waals surface area contributed by atoms with E-state index >= 15 is 0 Å². The average molecular weight is 324 g/mol. The molecule has 2 rings (SSSR count). The van der Waals surface area contributed by atoms with E-state index in [1.54, 1.807) is 18.2 Å². The molecule has 0 aliphatic rings. The lowest BCUT2D eigenvalue weighted by molar-refractivity contribution is -0.116. The van der Waals surface area contributed by atoms with E-state index in [1.807, 2.05) is 43.3 Å². The van der Waals surface area contributed by atoms with Gasteiger partial charge in [0, 0.05) is 13.0 Å². The SMILES string of the molecule is CCCCC(=O)Nc1ccccc1C(=O)NCCc1ccccc1. The maximum atomic E-state index is 12.4. The Labute approximate surface area is 143 Å². The number of amides is 2. The lowest BCUT2D eigenvalue weighted by atomic mass is 10.1. The van der Waals surface area contributed by atoms with Crippen LogP contribution in [0.3, 0.4) is 0 Å². The Balaban J connectivity index is 1.92. The molecule has 0 aromatic heterocycles. The summed E-state index contributed by atoms with van der Waals surface area (Å²) in [4.78, 5) is 24.3. The lowest BCUT2D eigenvalue weighted by Gasteiger charge is -2.11. The van der Waals surface area contributed by atoms with Gasteiger partial charge in [0.15, 0.2) is 0 Å². The molecule has 0 heterocycles. The van der Waals surface area contributed by atoms with Crippen LogP contribution in [0.1, 0.15) is 42.1 Å². The molecule has 4 nitrogen and oxygen atoms in total. The van der Waals surface area contributed by atoms with E-state index in [9.17, 15) is 9.59 Å². The van der Waals surface area contributed by atoms with Crippen molar-refractivity contribution in [2.24, 2.45) is 0 Å². The zero-order valence-electron chi connectivity index (χ0n) is 14.0. The molecule has 0 aliphatic heterocycles. The second-order valence-electron chi connectivity index (χ2n) is 5.69. The Morgan fingerprint density at radius 3 is 2.42 bits per heavy atom. The highest BCUT2D eigenvalue weighted by molar-refractivity contribution is 6.03. The number of unbranched alkanes of at least 4 members (excludes halogenated alkanes) is 1. The van der Waals surface area contributed by atoms with Gasteiger partial charge in [-0.3, -0.25) is 9.59 Å². The highest BCUT2D eigenvalue weighted by Gasteiger charge is 2.12. The van der Waals surface area contributed by atoms with E-state index < -0.39 is 0 Å². The van der Waals surface area contributed by atoms with Crippen LogP contribution in [0.15, 0.2) is 54.6 Å². The smallest absolute Gasteiger partial charge is 0.253 e. The van der Waals surface area contributed by atoms with Gasteiger partial charge in [-0.25, -0.2) is 0 Å². The van der Waals surface area contributed by atoms with Gasteiger partial charge in [-0.1, -0.05) is 55.8 Å². The predicted octanol–water partition coefficient (Wildman–Crippen LogP) is 3.79. The molecule has 2 amide bonds. The topological polar surface area (TPSA) is 58.2 Å². The third-order valence-electron chi connectivity index (χ3n) is 3.75. The Kier molecular flexibility index (Phi) is 7.02. The summed E-state index contributed by atoms with van der Waals surface area (Å²) < 4.78 is 0. The maximum absolute atomic E-state index is 12.4. The molecule has 2 N–H and O–H groups in total. The Hall–Kier alpha value is -2.62. The Bertz CT molecular complexity index is 668. The molecule has 0 unspecified atom stereocenters. The van der Waals surface area contributed by atoms with Crippen molar-refractivity contribution in [3.8, 4) is 0 Å². The lowest BCUT2D eigenvalue weighted by Crippen LogP contribution is -2.27. The van der Waals surface area contributed by atoms with Crippen molar-refractivity contribution >= 4 is 17.5 Å². The number of carbonyl (C=O) groups excluding carboxylic acids is 2. The summed E-state index contributed by atoms with van der Waals surface area (Å²) in [6, 6.07) is 17.1. The predicted molar refractivity (Wildman–Crippen MR) is 97.1 cm³/mol. The zero-order valence-corrected chi connectivity index (χ0v) is 14.0. The number of anilines is 1. The van der Waals surface area contributed by atoms with Crippen molar-refractivity contribution in [3.05, 3.63) is 65.7 Å². The van der Waals surface area contributed by atoms with E-state index in [0.29, 0.717) is 24.2 Å². The van der Waals surface area contributed by atoms with E-state index in [0.717, 1.165) is 19.3 Å². The minimum atomic E-state index is -0.169. The number of rotatable bonds is 8. The number of hydrogen-bond donors (Lipinski definition) is 2. The first-order valence-electron chi connectivity index (χ1n) is 8.41. The van der Waals surface area contributed by atoms with E-state index in [2.05, 4.69) is 10.6 Å². The molecule has 2 aromatic rings. The van der Waals surface area contributed by atoms with Crippen LogP contribution in [0.2, 0.25) is 0 Å². The number of nitrogens with one attached hydrogen (secondary N) is 2. The van der Waals surface area contributed by atoms with E-state index in [4.69, 9.17) is 0 Å². The summed E-state index contributed by atoms with van der Waals surface area (Å²) in [5.41, 5.74) is 2.24. The van der Waals surface area contributed by atoms with Crippen molar-refractivity contribution in [1.29, 1.82) is 0 Å². The van der Waals surface area contributed by atoms with Gasteiger partial charge >= 0.3 is 0 Å². The third-order valence-corrected chi connectivity index (χ3v) is 3.75. The summed E-state index contributed by atoms with van der Waals surface area (Å²) in [5, 5.41) is 5.75. The monoisotopic (exact) mass is 324 g/mol. The van der Waals surface area contributed by atoms with Gasteiger partial charge in [-0.2, -0.15) is 0 Å². The summed E-state index contributed by atoms with van der Waals surface area (Å²) in [7, 11) is 0. The average Bonchev–Trinajstić information content (AvgIpc) is 2.61. The molecule has 0 fully saturated rings. The molecule has 0 saturated carbocycles. The molecule has 0 radical (unpaired) electrons. The molecule has 0 atom stereocenters. The van der Waals surface area contributed by atoms with E-state index in [1.165, 1.54) is 5.56 Å². The van der Waals surface area contributed by atoms with Crippen molar-refractivity contribution in [3.63, 3.8) is 0 Å². The van der Waals surface area contributed by atoms with Crippen LogP contribution >= 0.6 is 0 Å². The molecular formula is C20H24N2O2. The first-order valence-corrected chi connectivity index (χ1v) is 8.41. The van der Waals surface area contributed by atoms with Crippen molar-refractivity contribution in [1.82, 2.24) is 5.32 Å². The summed E-state index contributed by atoms with van der Waals surface area (Å²) in [5.74, 6) is -0.223. The fourth-order valence-corrected chi connectivity index (χ4v) is 2.40. The van der Waals surface area contributed by atoms with Gasteiger partial charge in [0.1, 0.15) is 0 Å². The molecule has 0 spiro atoms. The van der Waals surface area contributed by atoms with Gasteiger partial charge < -0.3 is 10.6 Å². The Morgan fingerprint density at radius 2 is 1.67 bits per heavy atom. The quantitative estimate of drug-likeness (QED) is 0.776. The van der Waals surface area contributed by atoms with Crippen molar-refractivity contribution in [2.75, 3.05) is 11.9 Å². The molecule has 0 bridgehead atoms.